The summed E-state index contributed by atoms with van der Waals surface area (Å²) in [5.41, 5.74) is 1.29. The predicted octanol–water partition coefficient (Wildman–Crippen LogP) is 2.28. The Bertz CT molecular complexity index is 323. The second-order valence-corrected chi connectivity index (χ2v) is 4.95. The molecule has 0 spiro atoms. The van der Waals surface area contributed by atoms with Gasteiger partial charge in [0.15, 0.2) is 0 Å². The third-order valence-electron chi connectivity index (χ3n) is 3.52. The van der Waals surface area contributed by atoms with Gasteiger partial charge in [0.1, 0.15) is 0 Å². The maximum atomic E-state index is 5.35. The molecule has 0 atom stereocenters. The number of anilines is 1. The molecule has 2 rings (SSSR count). The number of nitrogens with zero attached hydrogens (tertiary/aromatic N) is 1. The van der Waals surface area contributed by atoms with Gasteiger partial charge < -0.3 is 15.0 Å². The summed E-state index contributed by atoms with van der Waals surface area (Å²) in [6.07, 6.45) is 3.51. The van der Waals surface area contributed by atoms with E-state index in [9.17, 15) is 0 Å². The standard InChI is InChI=1S/C15H24N2O/c1-17(15-6-3-2-4-7-15)11-5-10-16-14-8-12-18-13-9-14/h2-4,6-7,14,16H,5,8-13H2,1H3. The molecule has 18 heavy (non-hydrogen) atoms. The van der Waals surface area contributed by atoms with E-state index in [0.717, 1.165) is 39.1 Å². The number of nitrogens with one attached hydrogen (secondary N) is 1. The smallest absolute Gasteiger partial charge is 0.0480 e. The SMILES string of the molecule is CN(CCCNC1CCOCC1)c1ccccc1. The summed E-state index contributed by atoms with van der Waals surface area (Å²) in [5, 5.41) is 3.62. The molecule has 0 aromatic heterocycles. The first kappa shape index (κ1) is 13.4. The monoisotopic (exact) mass is 248 g/mol. The van der Waals surface area contributed by atoms with Crippen LogP contribution in [0.2, 0.25) is 0 Å². The minimum absolute atomic E-state index is 0.667. The van der Waals surface area contributed by atoms with Gasteiger partial charge in [0.2, 0.25) is 0 Å². The van der Waals surface area contributed by atoms with E-state index in [2.05, 4.69) is 47.6 Å². The Kier molecular flexibility index (Phi) is 5.49. The summed E-state index contributed by atoms with van der Waals surface area (Å²) in [6.45, 7) is 4.03. The largest absolute Gasteiger partial charge is 0.381 e. The second-order valence-electron chi connectivity index (χ2n) is 4.95. The Morgan fingerprint density at radius 3 is 2.67 bits per heavy atom. The molecule has 3 nitrogen and oxygen atoms in total. The van der Waals surface area contributed by atoms with Gasteiger partial charge in [-0.05, 0) is 37.9 Å². The molecule has 0 radical (unpaired) electrons. The number of rotatable bonds is 6. The van der Waals surface area contributed by atoms with Gasteiger partial charge in [0.05, 0.1) is 0 Å². The first-order valence-electron chi connectivity index (χ1n) is 6.93. The highest BCUT2D eigenvalue weighted by molar-refractivity contribution is 5.44. The van der Waals surface area contributed by atoms with Crippen molar-refractivity contribution in [1.29, 1.82) is 0 Å². The molecule has 0 amide bonds. The van der Waals surface area contributed by atoms with Crippen LogP contribution in [-0.2, 0) is 4.74 Å². The van der Waals surface area contributed by atoms with Crippen LogP contribution in [0.4, 0.5) is 5.69 Å². The van der Waals surface area contributed by atoms with Crippen molar-refractivity contribution >= 4 is 5.69 Å². The van der Waals surface area contributed by atoms with E-state index in [1.165, 1.54) is 12.1 Å². The zero-order chi connectivity index (χ0) is 12.6. The van der Waals surface area contributed by atoms with Crippen molar-refractivity contribution in [3.63, 3.8) is 0 Å². The Morgan fingerprint density at radius 1 is 1.22 bits per heavy atom. The molecule has 1 heterocycles. The summed E-state index contributed by atoms with van der Waals surface area (Å²) in [4.78, 5) is 2.31. The molecule has 100 valence electrons. The third kappa shape index (κ3) is 4.31. The molecule has 1 aliphatic heterocycles. The minimum Gasteiger partial charge on any atom is -0.381 e. The average molecular weight is 248 g/mol. The zero-order valence-corrected chi connectivity index (χ0v) is 11.3. The molecule has 1 aliphatic rings. The summed E-state index contributed by atoms with van der Waals surface area (Å²) in [7, 11) is 2.16. The number of para-hydroxylation sites is 1. The topological polar surface area (TPSA) is 24.5 Å². The van der Waals surface area contributed by atoms with E-state index < -0.39 is 0 Å². The van der Waals surface area contributed by atoms with Gasteiger partial charge in [-0.25, -0.2) is 0 Å². The Labute approximate surface area is 110 Å². The highest BCUT2D eigenvalue weighted by Gasteiger charge is 2.12. The molecule has 1 saturated heterocycles. The van der Waals surface area contributed by atoms with E-state index in [1.807, 2.05) is 0 Å². The first-order valence-corrected chi connectivity index (χ1v) is 6.93. The summed E-state index contributed by atoms with van der Waals surface area (Å²) >= 11 is 0. The summed E-state index contributed by atoms with van der Waals surface area (Å²) in [5.74, 6) is 0. The number of hydrogen-bond donors (Lipinski definition) is 1. The molecule has 3 heteroatoms. The van der Waals surface area contributed by atoms with Crippen LogP contribution in [0.1, 0.15) is 19.3 Å². The van der Waals surface area contributed by atoms with Crippen molar-refractivity contribution in [2.24, 2.45) is 0 Å². The molecular weight excluding hydrogens is 224 g/mol. The van der Waals surface area contributed by atoms with Gasteiger partial charge in [-0.2, -0.15) is 0 Å². The van der Waals surface area contributed by atoms with Crippen LogP contribution >= 0.6 is 0 Å². The van der Waals surface area contributed by atoms with E-state index in [-0.39, 0.29) is 0 Å². The van der Waals surface area contributed by atoms with Gasteiger partial charge in [-0.15, -0.1) is 0 Å². The van der Waals surface area contributed by atoms with E-state index in [0.29, 0.717) is 6.04 Å². The molecule has 1 N–H and O–H groups in total. The lowest BCUT2D eigenvalue weighted by molar-refractivity contribution is 0.0781. The minimum atomic E-state index is 0.667. The van der Waals surface area contributed by atoms with Crippen LogP contribution in [0.15, 0.2) is 30.3 Å². The fourth-order valence-electron chi connectivity index (χ4n) is 2.34. The van der Waals surface area contributed by atoms with Crippen LogP contribution in [0.3, 0.4) is 0 Å². The van der Waals surface area contributed by atoms with Crippen molar-refractivity contribution in [3.8, 4) is 0 Å². The maximum Gasteiger partial charge on any atom is 0.0480 e. The van der Waals surface area contributed by atoms with Crippen LogP contribution in [0, 0.1) is 0 Å². The lowest BCUT2D eigenvalue weighted by atomic mass is 10.1. The van der Waals surface area contributed by atoms with Crippen LogP contribution in [0.5, 0.6) is 0 Å². The summed E-state index contributed by atoms with van der Waals surface area (Å²) in [6, 6.07) is 11.2. The first-order chi connectivity index (χ1) is 8.86. The van der Waals surface area contributed by atoms with Crippen molar-refractivity contribution in [2.45, 2.75) is 25.3 Å². The van der Waals surface area contributed by atoms with Gasteiger partial charge in [0.25, 0.3) is 0 Å². The summed E-state index contributed by atoms with van der Waals surface area (Å²) < 4.78 is 5.35. The zero-order valence-electron chi connectivity index (χ0n) is 11.3. The lowest BCUT2D eigenvalue weighted by Crippen LogP contribution is -2.36. The molecule has 0 bridgehead atoms. The van der Waals surface area contributed by atoms with Crippen molar-refractivity contribution in [3.05, 3.63) is 30.3 Å². The molecule has 0 aliphatic carbocycles. The Balaban J connectivity index is 1.60. The normalized spacial score (nSPS) is 16.7. The van der Waals surface area contributed by atoms with Crippen LogP contribution < -0.4 is 10.2 Å². The average Bonchev–Trinajstić information content (AvgIpc) is 2.45. The lowest BCUT2D eigenvalue weighted by Gasteiger charge is -2.24. The maximum absolute atomic E-state index is 5.35. The highest BCUT2D eigenvalue weighted by atomic mass is 16.5. The molecule has 0 unspecified atom stereocenters. The molecular formula is C15H24N2O. The predicted molar refractivity (Wildman–Crippen MR) is 76.2 cm³/mol. The fourth-order valence-corrected chi connectivity index (χ4v) is 2.34. The molecule has 1 aromatic rings. The van der Waals surface area contributed by atoms with Crippen molar-refractivity contribution in [2.75, 3.05) is 38.3 Å². The highest BCUT2D eigenvalue weighted by Crippen LogP contribution is 2.11. The quantitative estimate of drug-likeness (QED) is 0.782. The number of hydrogen-bond acceptors (Lipinski definition) is 3. The van der Waals surface area contributed by atoms with Crippen molar-refractivity contribution in [1.82, 2.24) is 5.32 Å². The Hall–Kier alpha value is -1.06. The van der Waals surface area contributed by atoms with Gasteiger partial charge in [-0.3, -0.25) is 0 Å². The molecule has 1 fully saturated rings. The van der Waals surface area contributed by atoms with E-state index in [1.54, 1.807) is 0 Å². The van der Waals surface area contributed by atoms with Gasteiger partial charge >= 0.3 is 0 Å². The van der Waals surface area contributed by atoms with Crippen LogP contribution in [0.25, 0.3) is 0 Å². The van der Waals surface area contributed by atoms with E-state index in [4.69, 9.17) is 4.74 Å². The second kappa shape index (κ2) is 7.39. The van der Waals surface area contributed by atoms with Crippen LogP contribution in [-0.4, -0.2) is 39.4 Å². The Morgan fingerprint density at radius 2 is 1.94 bits per heavy atom. The third-order valence-corrected chi connectivity index (χ3v) is 3.52. The number of ether oxygens (including phenoxy) is 1. The van der Waals surface area contributed by atoms with Gasteiger partial charge in [-0.1, -0.05) is 18.2 Å². The van der Waals surface area contributed by atoms with E-state index >= 15 is 0 Å². The number of benzene rings is 1. The fraction of sp³-hybridized carbons (Fsp3) is 0.600. The molecule has 0 saturated carbocycles. The van der Waals surface area contributed by atoms with Crippen molar-refractivity contribution < 1.29 is 4.74 Å². The molecule has 1 aromatic carbocycles. The van der Waals surface area contributed by atoms with Gasteiger partial charge in [0, 0.05) is 38.5 Å².